The number of halogens is 2. The Balaban J connectivity index is 1.82. The summed E-state index contributed by atoms with van der Waals surface area (Å²) in [6.07, 6.45) is 0.375. The first-order chi connectivity index (χ1) is 10.1. The average molecular weight is 368 g/mol. The van der Waals surface area contributed by atoms with Crippen LogP contribution in [0.15, 0.2) is 46.9 Å². The summed E-state index contributed by atoms with van der Waals surface area (Å²) in [5.41, 5.74) is 2.80. The van der Waals surface area contributed by atoms with Crippen molar-refractivity contribution in [2.75, 3.05) is 17.2 Å². The lowest BCUT2D eigenvalue weighted by atomic mass is 10.2. The number of aryl methyl sites for hydroxylation is 1. The Morgan fingerprint density at radius 1 is 1.24 bits per heavy atom. The molecule has 0 spiro atoms. The van der Waals surface area contributed by atoms with Crippen LogP contribution < -0.4 is 10.6 Å². The van der Waals surface area contributed by atoms with Crippen LogP contribution in [-0.4, -0.2) is 12.5 Å². The molecule has 0 unspecified atom stereocenters. The van der Waals surface area contributed by atoms with Crippen molar-refractivity contribution >= 4 is 44.8 Å². The van der Waals surface area contributed by atoms with Crippen LogP contribution in [0.4, 0.5) is 11.4 Å². The van der Waals surface area contributed by atoms with E-state index >= 15 is 0 Å². The third-order valence-electron chi connectivity index (χ3n) is 2.99. The highest BCUT2D eigenvalue weighted by molar-refractivity contribution is 9.10. The third kappa shape index (κ3) is 4.76. The van der Waals surface area contributed by atoms with E-state index in [1.54, 1.807) is 12.1 Å². The lowest BCUT2D eigenvalue weighted by Crippen LogP contribution is -2.16. The minimum absolute atomic E-state index is 0.0653. The van der Waals surface area contributed by atoms with Gasteiger partial charge in [0, 0.05) is 23.1 Å². The largest absolute Gasteiger partial charge is 0.385 e. The Labute approximate surface area is 137 Å². The number of hydrogen-bond donors (Lipinski definition) is 2. The van der Waals surface area contributed by atoms with Gasteiger partial charge in [-0.3, -0.25) is 4.79 Å². The Bertz CT molecular complexity index is 646. The molecule has 2 aromatic rings. The molecule has 0 fully saturated rings. The van der Waals surface area contributed by atoms with E-state index in [1.165, 1.54) is 0 Å². The number of para-hydroxylation sites is 1. The van der Waals surface area contributed by atoms with Gasteiger partial charge in [-0.2, -0.15) is 0 Å². The molecular weight excluding hydrogens is 352 g/mol. The molecule has 0 aliphatic carbocycles. The number of hydrogen-bond acceptors (Lipinski definition) is 2. The van der Waals surface area contributed by atoms with E-state index < -0.39 is 0 Å². The molecule has 2 N–H and O–H groups in total. The SMILES string of the molecule is Cc1cc(NCCC(=O)Nc2ccccc2Cl)ccc1Br. The van der Waals surface area contributed by atoms with Gasteiger partial charge in [0.05, 0.1) is 10.7 Å². The van der Waals surface area contributed by atoms with Crippen molar-refractivity contribution in [3.63, 3.8) is 0 Å². The molecule has 0 aliphatic rings. The minimum Gasteiger partial charge on any atom is -0.385 e. The summed E-state index contributed by atoms with van der Waals surface area (Å²) in [6.45, 7) is 2.59. The van der Waals surface area contributed by atoms with Crippen LogP contribution >= 0.6 is 27.5 Å². The van der Waals surface area contributed by atoms with Crippen LogP contribution in [0.1, 0.15) is 12.0 Å². The lowest BCUT2D eigenvalue weighted by Gasteiger charge is -2.09. The Kier molecular flexibility index (Phi) is 5.65. The second-order valence-corrected chi connectivity index (χ2v) is 5.93. The standard InChI is InChI=1S/C16H16BrClN2O/c1-11-10-12(6-7-13(11)17)19-9-8-16(21)20-15-5-3-2-4-14(15)18/h2-7,10,19H,8-9H2,1H3,(H,20,21). The quantitative estimate of drug-likeness (QED) is 0.793. The zero-order chi connectivity index (χ0) is 15.2. The van der Waals surface area contributed by atoms with Crippen LogP contribution in [0, 0.1) is 6.92 Å². The van der Waals surface area contributed by atoms with Crippen molar-refractivity contribution in [1.29, 1.82) is 0 Å². The van der Waals surface area contributed by atoms with Gasteiger partial charge in [0.2, 0.25) is 5.91 Å². The van der Waals surface area contributed by atoms with Crippen molar-refractivity contribution in [3.8, 4) is 0 Å². The molecule has 0 aliphatic heterocycles. The molecule has 0 aromatic heterocycles. The molecule has 21 heavy (non-hydrogen) atoms. The predicted octanol–water partition coefficient (Wildman–Crippen LogP) is 4.85. The molecule has 1 amide bonds. The first-order valence-electron chi connectivity index (χ1n) is 6.60. The molecule has 110 valence electrons. The second-order valence-electron chi connectivity index (χ2n) is 4.67. The van der Waals surface area contributed by atoms with E-state index in [-0.39, 0.29) is 5.91 Å². The second kappa shape index (κ2) is 7.48. The summed E-state index contributed by atoms with van der Waals surface area (Å²) in [7, 11) is 0. The van der Waals surface area contributed by atoms with E-state index in [0.29, 0.717) is 23.7 Å². The highest BCUT2D eigenvalue weighted by Crippen LogP contribution is 2.21. The zero-order valence-electron chi connectivity index (χ0n) is 11.6. The topological polar surface area (TPSA) is 41.1 Å². The highest BCUT2D eigenvalue weighted by atomic mass is 79.9. The van der Waals surface area contributed by atoms with Crippen LogP contribution in [0.3, 0.4) is 0 Å². The van der Waals surface area contributed by atoms with E-state index in [1.807, 2.05) is 37.3 Å². The van der Waals surface area contributed by atoms with Gasteiger partial charge in [-0.25, -0.2) is 0 Å². The molecule has 5 heteroatoms. The number of rotatable bonds is 5. The fraction of sp³-hybridized carbons (Fsp3) is 0.188. The molecule has 0 radical (unpaired) electrons. The van der Waals surface area contributed by atoms with Gasteiger partial charge in [0.25, 0.3) is 0 Å². The van der Waals surface area contributed by atoms with Crippen LogP contribution in [0.25, 0.3) is 0 Å². The predicted molar refractivity (Wildman–Crippen MR) is 92.1 cm³/mol. The fourth-order valence-electron chi connectivity index (χ4n) is 1.85. The number of benzene rings is 2. The summed E-state index contributed by atoms with van der Waals surface area (Å²) in [6, 6.07) is 13.2. The smallest absolute Gasteiger partial charge is 0.226 e. The van der Waals surface area contributed by atoms with Crippen LogP contribution in [0.5, 0.6) is 0 Å². The first-order valence-corrected chi connectivity index (χ1v) is 7.78. The first kappa shape index (κ1) is 15.9. The van der Waals surface area contributed by atoms with E-state index in [0.717, 1.165) is 15.7 Å². The maximum atomic E-state index is 11.9. The Morgan fingerprint density at radius 2 is 2.00 bits per heavy atom. The van der Waals surface area contributed by atoms with Gasteiger partial charge in [0.15, 0.2) is 0 Å². The molecule has 0 bridgehead atoms. The van der Waals surface area contributed by atoms with Crippen molar-refractivity contribution in [1.82, 2.24) is 0 Å². The third-order valence-corrected chi connectivity index (χ3v) is 4.21. The Hall–Kier alpha value is -1.52. The average Bonchev–Trinajstić information content (AvgIpc) is 2.45. The number of amides is 1. The molecule has 0 saturated carbocycles. The number of anilines is 2. The van der Waals surface area contributed by atoms with Crippen molar-refractivity contribution < 1.29 is 4.79 Å². The molecule has 2 rings (SSSR count). The maximum absolute atomic E-state index is 11.9. The fourth-order valence-corrected chi connectivity index (χ4v) is 2.28. The molecule has 0 saturated heterocycles. The molecule has 0 atom stereocenters. The normalized spacial score (nSPS) is 10.2. The monoisotopic (exact) mass is 366 g/mol. The molecule has 2 aromatic carbocycles. The molecule has 0 heterocycles. The van der Waals surface area contributed by atoms with E-state index in [2.05, 4.69) is 26.6 Å². The van der Waals surface area contributed by atoms with Gasteiger partial charge in [-0.15, -0.1) is 0 Å². The molecule has 3 nitrogen and oxygen atoms in total. The number of carbonyl (C=O) groups excluding carboxylic acids is 1. The highest BCUT2D eigenvalue weighted by Gasteiger charge is 2.05. The van der Waals surface area contributed by atoms with Gasteiger partial charge < -0.3 is 10.6 Å². The lowest BCUT2D eigenvalue weighted by molar-refractivity contribution is -0.115. The van der Waals surface area contributed by atoms with Gasteiger partial charge >= 0.3 is 0 Å². The Morgan fingerprint density at radius 3 is 2.71 bits per heavy atom. The van der Waals surface area contributed by atoms with Crippen LogP contribution in [-0.2, 0) is 4.79 Å². The summed E-state index contributed by atoms with van der Waals surface area (Å²) >= 11 is 9.46. The summed E-state index contributed by atoms with van der Waals surface area (Å²) in [5.74, 6) is -0.0653. The van der Waals surface area contributed by atoms with Crippen molar-refractivity contribution in [2.24, 2.45) is 0 Å². The summed E-state index contributed by atoms with van der Waals surface area (Å²) < 4.78 is 1.07. The van der Waals surface area contributed by atoms with Crippen molar-refractivity contribution in [2.45, 2.75) is 13.3 Å². The number of carbonyl (C=O) groups is 1. The van der Waals surface area contributed by atoms with Crippen molar-refractivity contribution in [3.05, 3.63) is 57.5 Å². The summed E-state index contributed by atoms with van der Waals surface area (Å²) in [5, 5.41) is 6.57. The number of nitrogens with one attached hydrogen (secondary N) is 2. The minimum atomic E-state index is -0.0653. The van der Waals surface area contributed by atoms with Gasteiger partial charge in [-0.1, -0.05) is 39.7 Å². The maximum Gasteiger partial charge on any atom is 0.226 e. The van der Waals surface area contributed by atoms with E-state index in [9.17, 15) is 4.79 Å². The zero-order valence-corrected chi connectivity index (χ0v) is 14.0. The van der Waals surface area contributed by atoms with Crippen LogP contribution in [0.2, 0.25) is 5.02 Å². The van der Waals surface area contributed by atoms with Gasteiger partial charge in [-0.05, 0) is 42.8 Å². The van der Waals surface area contributed by atoms with E-state index in [4.69, 9.17) is 11.6 Å². The summed E-state index contributed by atoms with van der Waals surface area (Å²) in [4.78, 5) is 11.9. The van der Waals surface area contributed by atoms with Gasteiger partial charge in [0.1, 0.15) is 0 Å². The molecular formula is C16H16BrClN2O.